The number of carbonyl (C=O) groups is 2. The lowest BCUT2D eigenvalue weighted by molar-refractivity contribution is 0.0989. The lowest BCUT2D eigenvalue weighted by Gasteiger charge is -2.38. The predicted molar refractivity (Wildman–Crippen MR) is 148 cm³/mol. The summed E-state index contributed by atoms with van der Waals surface area (Å²) in [5, 5.41) is 12.7. The molecule has 0 aliphatic carbocycles. The SMILES string of the molecule is COc1ccc2c(c1)CCN(C1CCN(c3cc(C(=O)N4CCc5c4ccc(F)c5F)c(C#N)cn3)CC1)C(=O)N2. The maximum Gasteiger partial charge on any atom is 0.322 e. The normalized spacial score (nSPS) is 16.9. The molecule has 11 heteroatoms. The Kier molecular flexibility index (Phi) is 6.91. The van der Waals surface area contributed by atoms with Gasteiger partial charge in [-0.05, 0) is 67.6 Å². The number of aromatic nitrogens is 1. The van der Waals surface area contributed by atoms with Crippen molar-refractivity contribution in [2.75, 3.05) is 48.4 Å². The molecular weight excluding hydrogens is 530 g/mol. The van der Waals surface area contributed by atoms with Gasteiger partial charge in [-0.15, -0.1) is 0 Å². The molecule has 0 radical (unpaired) electrons. The van der Waals surface area contributed by atoms with Crippen LogP contribution in [0.15, 0.2) is 42.6 Å². The van der Waals surface area contributed by atoms with Gasteiger partial charge >= 0.3 is 6.03 Å². The number of piperidine rings is 1. The number of carbonyl (C=O) groups excluding carboxylic acids is 2. The van der Waals surface area contributed by atoms with Crippen molar-refractivity contribution in [3.05, 3.63) is 76.5 Å². The van der Waals surface area contributed by atoms with E-state index in [0.29, 0.717) is 50.4 Å². The number of methoxy groups -OCH3 is 1. The molecule has 0 bridgehead atoms. The van der Waals surface area contributed by atoms with Gasteiger partial charge in [0.05, 0.1) is 23.9 Å². The number of benzene rings is 2. The van der Waals surface area contributed by atoms with Crippen LogP contribution >= 0.6 is 0 Å². The van der Waals surface area contributed by atoms with Crippen LogP contribution in [-0.2, 0) is 12.8 Å². The zero-order valence-electron chi connectivity index (χ0n) is 22.5. The Morgan fingerprint density at radius 2 is 1.90 bits per heavy atom. The number of rotatable bonds is 4. The van der Waals surface area contributed by atoms with E-state index in [1.165, 1.54) is 17.2 Å². The smallest absolute Gasteiger partial charge is 0.322 e. The van der Waals surface area contributed by atoms with E-state index in [0.717, 1.165) is 23.1 Å². The quantitative estimate of drug-likeness (QED) is 0.506. The third-order valence-electron chi connectivity index (χ3n) is 8.20. The maximum absolute atomic E-state index is 14.3. The van der Waals surface area contributed by atoms with E-state index in [9.17, 15) is 23.6 Å². The highest BCUT2D eigenvalue weighted by Gasteiger charge is 2.33. The van der Waals surface area contributed by atoms with Crippen LogP contribution in [0.2, 0.25) is 0 Å². The molecule has 0 atom stereocenters. The summed E-state index contributed by atoms with van der Waals surface area (Å²) < 4.78 is 33.3. The van der Waals surface area contributed by atoms with Crippen molar-refractivity contribution in [3.8, 4) is 11.8 Å². The molecule has 3 aliphatic heterocycles. The highest BCUT2D eigenvalue weighted by molar-refractivity contribution is 6.09. The van der Waals surface area contributed by atoms with Crippen molar-refractivity contribution in [1.82, 2.24) is 9.88 Å². The van der Waals surface area contributed by atoms with Crippen LogP contribution in [0.25, 0.3) is 0 Å². The van der Waals surface area contributed by atoms with Crippen molar-refractivity contribution in [2.24, 2.45) is 0 Å². The number of hydrogen-bond donors (Lipinski definition) is 1. The molecule has 0 saturated carbocycles. The second kappa shape index (κ2) is 10.7. The Morgan fingerprint density at radius 1 is 1.10 bits per heavy atom. The van der Waals surface area contributed by atoms with Crippen molar-refractivity contribution in [2.45, 2.75) is 31.7 Å². The van der Waals surface area contributed by atoms with Crippen LogP contribution in [0.3, 0.4) is 0 Å². The minimum atomic E-state index is -0.951. The van der Waals surface area contributed by atoms with Gasteiger partial charge in [0.1, 0.15) is 17.6 Å². The number of urea groups is 1. The first kappa shape index (κ1) is 26.5. The number of ether oxygens (including phenoxy) is 1. The number of amides is 3. The fraction of sp³-hybridized carbons (Fsp3) is 0.333. The van der Waals surface area contributed by atoms with Gasteiger partial charge in [-0.3, -0.25) is 4.79 Å². The predicted octanol–water partition coefficient (Wildman–Crippen LogP) is 4.50. The number of nitriles is 1. The summed E-state index contributed by atoms with van der Waals surface area (Å²) in [6.45, 7) is 2.00. The van der Waals surface area contributed by atoms with E-state index in [1.54, 1.807) is 13.2 Å². The molecule has 2 aromatic carbocycles. The second-order valence-electron chi connectivity index (χ2n) is 10.4. The Morgan fingerprint density at radius 3 is 2.66 bits per heavy atom. The third-order valence-corrected chi connectivity index (χ3v) is 8.20. The van der Waals surface area contributed by atoms with Gasteiger partial charge in [0, 0.05) is 49.7 Å². The summed E-state index contributed by atoms with van der Waals surface area (Å²) in [7, 11) is 1.62. The zero-order valence-corrected chi connectivity index (χ0v) is 22.5. The first-order valence-corrected chi connectivity index (χ1v) is 13.6. The van der Waals surface area contributed by atoms with E-state index in [4.69, 9.17) is 4.74 Å². The standard InChI is InChI=1S/C30H28F2N6O3/c1-41-21-2-4-25-18(14-21)6-12-37(30(40)35-25)20-7-10-36(11-8-20)27-15-23(19(16-33)17-34-27)29(39)38-13-9-22-26(38)5-3-24(31)28(22)32/h2-5,14-15,17,20H,6-13H2,1H3,(H,35,40). The van der Waals surface area contributed by atoms with Gasteiger partial charge in [0.2, 0.25) is 0 Å². The van der Waals surface area contributed by atoms with Crippen molar-refractivity contribution in [3.63, 3.8) is 0 Å². The largest absolute Gasteiger partial charge is 0.497 e. The monoisotopic (exact) mass is 558 g/mol. The topological polar surface area (TPSA) is 102 Å². The summed E-state index contributed by atoms with van der Waals surface area (Å²) in [5.41, 5.74) is 2.58. The minimum Gasteiger partial charge on any atom is -0.497 e. The molecule has 1 aromatic heterocycles. The van der Waals surface area contributed by atoms with Crippen LogP contribution < -0.4 is 19.9 Å². The summed E-state index contributed by atoms with van der Waals surface area (Å²) in [4.78, 5) is 36.4. The van der Waals surface area contributed by atoms with Crippen LogP contribution in [0.4, 0.5) is 30.8 Å². The van der Waals surface area contributed by atoms with E-state index < -0.39 is 17.5 Å². The molecular formula is C30H28F2N6O3. The second-order valence-corrected chi connectivity index (χ2v) is 10.4. The average Bonchev–Trinajstić information content (AvgIpc) is 3.36. The number of fused-ring (bicyclic) bond motifs is 2. The molecule has 1 saturated heterocycles. The summed E-state index contributed by atoms with van der Waals surface area (Å²) in [5.74, 6) is -1.05. The maximum atomic E-state index is 14.3. The number of nitrogens with zero attached hydrogens (tertiary/aromatic N) is 5. The molecule has 3 aromatic rings. The molecule has 9 nitrogen and oxygen atoms in total. The molecule has 3 amide bonds. The lowest BCUT2D eigenvalue weighted by Crippen LogP contribution is -2.49. The van der Waals surface area contributed by atoms with Gasteiger partial charge in [-0.2, -0.15) is 5.26 Å². The summed E-state index contributed by atoms with van der Waals surface area (Å²) >= 11 is 0. The van der Waals surface area contributed by atoms with Crippen LogP contribution in [-0.4, -0.2) is 61.2 Å². The van der Waals surface area contributed by atoms with Crippen LogP contribution in [0, 0.1) is 23.0 Å². The van der Waals surface area contributed by atoms with E-state index in [2.05, 4.69) is 10.3 Å². The zero-order chi connectivity index (χ0) is 28.7. The van der Waals surface area contributed by atoms with E-state index >= 15 is 0 Å². The van der Waals surface area contributed by atoms with Crippen LogP contribution in [0.5, 0.6) is 5.75 Å². The molecule has 1 fully saturated rings. The Hall–Kier alpha value is -4.72. The Bertz CT molecular complexity index is 1580. The average molecular weight is 559 g/mol. The van der Waals surface area contributed by atoms with Crippen molar-refractivity contribution >= 4 is 29.1 Å². The van der Waals surface area contributed by atoms with Gasteiger partial charge in [-0.25, -0.2) is 18.6 Å². The van der Waals surface area contributed by atoms with E-state index in [-0.39, 0.29) is 41.7 Å². The van der Waals surface area contributed by atoms with E-state index in [1.807, 2.05) is 34.1 Å². The molecule has 4 heterocycles. The Balaban J connectivity index is 1.16. The summed E-state index contributed by atoms with van der Waals surface area (Å²) in [6.07, 6.45) is 3.71. The number of halogens is 2. The molecule has 3 aliphatic rings. The van der Waals surface area contributed by atoms with Crippen molar-refractivity contribution < 1.29 is 23.1 Å². The highest BCUT2D eigenvalue weighted by Crippen LogP contribution is 2.34. The minimum absolute atomic E-state index is 0.0401. The third kappa shape index (κ3) is 4.79. The highest BCUT2D eigenvalue weighted by atomic mass is 19.2. The lowest BCUT2D eigenvalue weighted by atomic mass is 10.0. The number of anilines is 3. The van der Waals surface area contributed by atoms with Gasteiger partial charge in [0.25, 0.3) is 5.91 Å². The first-order chi connectivity index (χ1) is 19.9. The number of nitrogens with one attached hydrogen (secondary N) is 1. The first-order valence-electron chi connectivity index (χ1n) is 13.6. The molecule has 210 valence electrons. The fourth-order valence-corrected chi connectivity index (χ4v) is 5.97. The number of pyridine rings is 1. The number of hydrogen-bond acceptors (Lipinski definition) is 6. The fourth-order valence-electron chi connectivity index (χ4n) is 5.97. The van der Waals surface area contributed by atoms with Crippen LogP contribution in [0.1, 0.15) is 39.9 Å². The molecule has 6 rings (SSSR count). The molecule has 41 heavy (non-hydrogen) atoms. The van der Waals surface area contributed by atoms with Crippen molar-refractivity contribution in [1.29, 1.82) is 5.26 Å². The molecule has 1 N–H and O–H groups in total. The van der Waals surface area contributed by atoms with Gasteiger partial charge in [-0.1, -0.05) is 0 Å². The summed E-state index contributed by atoms with van der Waals surface area (Å²) in [6, 6.07) is 11.6. The Labute approximate surface area is 235 Å². The van der Waals surface area contributed by atoms with Gasteiger partial charge in [0.15, 0.2) is 11.6 Å². The molecule has 0 spiro atoms. The molecule has 0 unspecified atom stereocenters. The van der Waals surface area contributed by atoms with Gasteiger partial charge < -0.3 is 24.8 Å².